The molecule has 0 fully saturated rings. The van der Waals surface area contributed by atoms with Crippen LogP contribution in [-0.2, 0) is 9.59 Å². The lowest BCUT2D eigenvalue weighted by atomic mass is 10.1. The summed E-state index contributed by atoms with van der Waals surface area (Å²) in [5.74, 6) is -1.74. The number of amides is 1. The predicted molar refractivity (Wildman–Crippen MR) is 82.1 cm³/mol. The quantitative estimate of drug-likeness (QED) is 0.832. The van der Waals surface area contributed by atoms with Crippen molar-refractivity contribution in [1.29, 1.82) is 0 Å². The van der Waals surface area contributed by atoms with Crippen LogP contribution in [0.25, 0.3) is 11.0 Å². The molecule has 2 rings (SSSR count). The second-order valence-corrected chi connectivity index (χ2v) is 5.53. The van der Waals surface area contributed by atoms with Gasteiger partial charge in [-0.25, -0.2) is 4.79 Å². The van der Waals surface area contributed by atoms with Crippen molar-refractivity contribution in [1.82, 2.24) is 8.75 Å². The lowest BCUT2D eigenvalue weighted by Gasteiger charge is -2.09. The summed E-state index contributed by atoms with van der Waals surface area (Å²) in [6.45, 7) is 2.76. The number of carbonyl (C=O) groups is 2. The molecule has 2 N–H and O–H groups in total. The summed E-state index contributed by atoms with van der Waals surface area (Å²) in [6, 6.07) is 1.45. The van der Waals surface area contributed by atoms with E-state index >= 15 is 0 Å². The van der Waals surface area contributed by atoms with Gasteiger partial charge in [-0.2, -0.15) is 8.75 Å². The van der Waals surface area contributed by atoms with Crippen molar-refractivity contribution in [3.05, 3.63) is 27.3 Å². The summed E-state index contributed by atoms with van der Waals surface area (Å²) in [6.07, 6.45) is 0. The number of halogens is 2. The highest BCUT2D eigenvalue weighted by molar-refractivity contribution is 7.00. The lowest BCUT2D eigenvalue weighted by molar-refractivity contribution is -0.133. The molecule has 6 nitrogen and oxygen atoms in total. The molecule has 0 saturated heterocycles. The Morgan fingerprint density at radius 3 is 2.38 bits per heavy atom. The van der Waals surface area contributed by atoms with E-state index in [0.29, 0.717) is 16.1 Å². The van der Waals surface area contributed by atoms with E-state index in [9.17, 15) is 9.59 Å². The molecule has 1 heterocycles. The molecule has 1 aromatic carbocycles. The van der Waals surface area contributed by atoms with E-state index in [-0.39, 0.29) is 21.9 Å². The fraction of sp³-hybridized carbons (Fsp3) is 0.167. The van der Waals surface area contributed by atoms with Gasteiger partial charge < -0.3 is 10.4 Å². The third-order valence-corrected chi connectivity index (χ3v) is 4.02. The topological polar surface area (TPSA) is 92.2 Å². The van der Waals surface area contributed by atoms with Crippen molar-refractivity contribution in [2.75, 3.05) is 5.32 Å². The van der Waals surface area contributed by atoms with Gasteiger partial charge in [0.15, 0.2) is 0 Å². The van der Waals surface area contributed by atoms with Crippen LogP contribution in [0.4, 0.5) is 5.69 Å². The number of nitrogens with one attached hydrogen (secondary N) is 1. The van der Waals surface area contributed by atoms with Crippen LogP contribution >= 0.6 is 34.9 Å². The molecule has 0 unspecified atom stereocenters. The first kappa shape index (κ1) is 15.7. The maximum atomic E-state index is 12.1. The third kappa shape index (κ3) is 2.99. The lowest BCUT2D eigenvalue weighted by Crippen LogP contribution is -2.16. The molecule has 110 valence electrons. The minimum Gasteiger partial charge on any atom is -0.478 e. The van der Waals surface area contributed by atoms with Gasteiger partial charge in [-0.3, -0.25) is 4.79 Å². The molecule has 2 aromatic rings. The molecule has 21 heavy (non-hydrogen) atoms. The fourth-order valence-electron chi connectivity index (χ4n) is 1.53. The normalized spacial score (nSPS) is 12.2. The molecule has 0 atom stereocenters. The van der Waals surface area contributed by atoms with Gasteiger partial charge in [0.25, 0.3) is 5.91 Å². The molecule has 0 aliphatic heterocycles. The molecule has 0 saturated carbocycles. The Morgan fingerprint density at radius 2 is 1.76 bits per heavy atom. The minimum absolute atomic E-state index is 0.0507. The van der Waals surface area contributed by atoms with Gasteiger partial charge in [-0.1, -0.05) is 23.2 Å². The van der Waals surface area contributed by atoms with Gasteiger partial charge in [-0.15, -0.1) is 0 Å². The number of aliphatic carboxylic acids is 1. The Kier molecular flexibility index (Phi) is 4.46. The van der Waals surface area contributed by atoms with E-state index in [1.165, 1.54) is 19.9 Å². The van der Waals surface area contributed by atoms with E-state index in [4.69, 9.17) is 28.3 Å². The van der Waals surface area contributed by atoms with Crippen LogP contribution < -0.4 is 5.32 Å². The maximum Gasteiger partial charge on any atom is 0.331 e. The maximum absolute atomic E-state index is 12.1. The fourth-order valence-corrected chi connectivity index (χ4v) is 2.69. The summed E-state index contributed by atoms with van der Waals surface area (Å²) in [7, 11) is 0. The summed E-state index contributed by atoms with van der Waals surface area (Å²) in [5, 5.41) is 12.0. The SMILES string of the molecule is CC(C(=O)O)=C(C)C(=O)Nc1c(Cl)cc(Cl)c2nsnc12. The van der Waals surface area contributed by atoms with E-state index < -0.39 is 11.9 Å². The van der Waals surface area contributed by atoms with Crippen LogP contribution in [-0.4, -0.2) is 25.7 Å². The van der Waals surface area contributed by atoms with Crippen molar-refractivity contribution < 1.29 is 14.7 Å². The van der Waals surface area contributed by atoms with Crippen LogP contribution in [0.5, 0.6) is 0 Å². The number of hydrogen-bond donors (Lipinski definition) is 2. The van der Waals surface area contributed by atoms with Crippen molar-refractivity contribution in [2.45, 2.75) is 13.8 Å². The number of hydrogen-bond acceptors (Lipinski definition) is 5. The number of nitrogens with zero attached hydrogens (tertiary/aromatic N) is 2. The zero-order valence-electron chi connectivity index (χ0n) is 10.9. The number of carbonyl (C=O) groups excluding carboxylic acids is 1. The average molecular weight is 346 g/mol. The number of benzene rings is 1. The van der Waals surface area contributed by atoms with Gasteiger partial charge in [0.05, 0.1) is 27.5 Å². The first-order valence-electron chi connectivity index (χ1n) is 5.65. The molecule has 0 radical (unpaired) electrons. The van der Waals surface area contributed by atoms with Crippen molar-refractivity contribution >= 4 is 63.5 Å². The second-order valence-electron chi connectivity index (χ2n) is 4.19. The number of anilines is 1. The third-order valence-electron chi connectivity index (χ3n) is 2.91. The van der Waals surface area contributed by atoms with Crippen LogP contribution in [0.3, 0.4) is 0 Å². The van der Waals surface area contributed by atoms with Gasteiger partial charge in [0.1, 0.15) is 11.0 Å². The van der Waals surface area contributed by atoms with Gasteiger partial charge in [0.2, 0.25) is 0 Å². The van der Waals surface area contributed by atoms with E-state index in [0.717, 1.165) is 11.7 Å². The van der Waals surface area contributed by atoms with Crippen molar-refractivity contribution in [3.63, 3.8) is 0 Å². The molecule has 9 heteroatoms. The first-order valence-corrected chi connectivity index (χ1v) is 7.14. The van der Waals surface area contributed by atoms with Crippen LogP contribution in [0.2, 0.25) is 10.0 Å². The Hall–Kier alpha value is -1.70. The second kappa shape index (κ2) is 5.97. The summed E-state index contributed by atoms with van der Waals surface area (Å²) in [5.41, 5.74) is 1.08. The molecule has 0 aliphatic carbocycles. The molecule has 1 aromatic heterocycles. The van der Waals surface area contributed by atoms with E-state index in [1.807, 2.05) is 0 Å². The van der Waals surface area contributed by atoms with E-state index in [1.54, 1.807) is 0 Å². The van der Waals surface area contributed by atoms with Crippen molar-refractivity contribution in [2.24, 2.45) is 0 Å². The number of fused-ring (bicyclic) bond motifs is 1. The zero-order valence-corrected chi connectivity index (χ0v) is 13.2. The van der Waals surface area contributed by atoms with Crippen molar-refractivity contribution in [3.8, 4) is 0 Å². The summed E-state index contributed by atoms with van der Waals surface area (Å²) < 4.78 is 8.07. The average Bonchev–Trinajstić information content (AvgIpc) is 2.91. The molecule has 0 bridgehead atoms. The van der Waals surface area contributed by atoms with Crippen LogP contribution in [0.1, 0.15) is 13.8 Å². The zero-order chi connectivity index (χ0) is 15.7. The molecular formula is C12H9Cl2N3O3S. The molecule has 1 amide bonds. The predicted octanol–water partition coefficient (Wildman–Crippen LogP) is 3.36. The van der Waals surface area contributed by atoms with Crippen LogP contribution in [0.15, 0.2) is 17.2 Å². The highest BCUT2D eigenvalue weighted by Crippen LogP contribution is 2.35. The highest BCUT2D eigenvalue weighted by Gasteiger charge is 2.18. The van der Waals surface area contributed by atoms with Gasteiger partial charge in [0, 0.05) is 11.1 Å². The number of carboxylic acid groups (broad SMARTS) is 1. The number of aromatic nitrogens is 2. The molecule has 0 spiro atoms. The molecule has 0 aliphatic rings. The Morgan fingerprint density at radius 1 is 1.14 bits per heavy atom. The summed E-state index contributed by atoms with van der Waals surface area (Å²) in [4.78, 5) is 23.0. The van der Waals surface area contributed by atoms with E-state index in [2.05, 4.69) is 14.1 Å². The number of carboxylic acids is 1. The standard InChI is InChI=1S/C12H9Cl2N3O3S/c1-4(5(2)12(19)20)11(18)15-8-6(13)3-7(14)9-10(8)17-21-16-9/h3H,1-2H3,(H,15,18)(H,19,20). The summed E-state index contributed by atoms with van der Waals surface area (Å²) >= 11 is 13.0. The smallest absolute Gasteiger partial charge is 0.331 e. The van der Waals surface area contributed by atoms with Crippen LogP contribution in [0, 0.1) is 0 Å². The van der Waals surface area contributed by atoms with Gasteiger partial charge >= 0.3 is 5.97 Å². The Balaban J connectivity index is 2.46. The molecular weight excluding hydrogens is 337 g/mol. The number of rotatable bonds is 3. The largest absolute Gasteiger partial charge is 0.478 e. The monoisotopic (exact) mass is 345 g/mol. The Labute approximate surface area is 133 Å². The van der Waals surface area contributed by atoms with Gasteiger partial charge in [-0.05, 0) is 19.9 Å². The Bertz CT molecular complexity index is 785. The first-order chi connectivity index (χ1) is 9.82. The highest BCUT2D eigenvalue weighted by atomic mass is 35.5. The minimum atomic E-state index is -1.16.